The molecule has 1 aromatic rings. The molecule has 0 aliphatic heterocycles. The van der Waals surface area contributed by atoms with Gasteiger partial charge >= 0.3 is 0 Å². The molecule has 1 unspecified atom stereocenters. The number of hydrogen-bond acceptors (Lipinski definition) is 4. The van der Waals surface area contributed by atoms with Gasteiger partial charge in [0.05, 0.1) is 23.3 Å². The summed E-state index contributed by atoms with van der Waals surface area (Å²) in [6.07, 6.45) is 0.393. The summed E-state index contributed by atoms with van der Waals surface area (Å²) in [5.74, 6) is 0.0879. The Morgan fingerprint density at radius 1 is 1.61 bits per heavy atom. The van der Waals surface area contributed by atoms with Gasteiger partial charge < -0.3 is 4.90 Å². The summed E-state index contributed by atoms with van der Waals surface area (Å²) < 4.78 is 0. The zero-order valence-corrected chi connectivity index (χ0v) is 11.0. The average molecular weight is 268 g/mol. The van der Waals surface area contributed by atoms with Crippen LogP contribution in [0.25, 0.3) is 0 Å². The lowest BCUT2D eigenvalue weighted by Gasteiger charge is -2.25. The van der Waals surface area contributed by atoms with Crippen molar-refractivity contribution in [2.24, 2.45) is 0 Å². The molecule has 6 heteroatoms. The number of hydrogen-bond donors (Lipinski definition) is 0. The molecule has 0 heterocycles. The van der Waals surface area contributed by atoms with Crippen LogP contribution >= 0.6 is 11.6 Å². The number of alkyl halides is 1. The van der Waals surface area contributed by atoms with Crippen LogP contribution < -0.4 is 4.90 Å². The lowest BCUT2D eigenvalue weighted by molar-refractivity contribution is -0.385. The van der Waals surface area contributed by atoms with Crippen LogP contribution in [0.2, 0.25) is 0 Å². The number of nitro groups is 1. The highest BCUT2D eigenvalue weighted by Gasteiger charge is 2.16. The van der Waals surface area contributed by atoms with Crippen molar-refractivity contribution < 1.29 is 4.92 Å². The van der Waals surface area contributed by atoms with Crippen LogP contribution in [0, 0.1) is 21.4 Å². The van der Waals surface area contributed by atoms with Crippen molar-refractivity contribution in [3.05, 3.63) is 33.9 Å². The highest BCUT2D eigenvalue weighted by molar-refractivity contribution is 6.17. The number of nitrogens with zero attached hydrogens (tertiary/aromatic N) is 3. The molecule has 0 aliphatic rings. The Bertz CT molecular complexity index is 485. The van der Waals surface area contributed by atoms with Crippen LogP contribution in [0.3, 0.4) is 0 Å². The van der Waals surface area contributed by atoms with Crippen molar-refractivity contribution in [3.8, 4) is 6.07 Å². The maximum atomic E-state index is 10.8. The van der Waals surface area contributed by atoms with E-state index in [1.165, 1.54) is 6.07 Å². The lowest BCUT2D eigenvalue weighted by Crippen LogP contribution is -2.28. The summed E-state index contributed by atoms with van der Waals surface area (Å²) in [6, 6.07) is 6.95. The number of benzene rings is 1. The van der Waals surface area contributed by atoms with Gasteiger partial charge in [-0.3, -0.25) is 10.1 Å². The summed E-state index contributed by atoms with van der Waals surface area (Å²) in [5, 5.41) is 19.5. The largest absolute Gasteiger partial charge is 0.371 e. The molecule has 0 radical (unpaired) electrons. The minimum Gasteiger partial charge on any atom is -0.371 e. The van der Waals surface area contributed by atoms with E-state index in [4.69, 9.17) is 16.9 Å². The van der Waals surface area contributed by atoms with Crippen molar-refractivity contribution in [1.29, 1.82) is 5.26 Å². The maximum Gasteiger partial charge on any atom is 0.273 e. The third kappa shape index (κ3) is 3.11. The lowest BCUT2D eigenvalue weighted by atomic mass is 10.1. The molecule has 0 aliphatic carbocycles. The first-order valence-electron chi connectivity index (χ1n) is 5.44. The van der Waals surface area contributed by atoms with E-state index in [-0.39, 0.29) is 17.6 Å². The van der Waals surface area contributed by atoms with Gasteiger partial charge in [-0.05, 0) is 19.1 Å². The number of nitro benzene ring substituents is 1. The van der Waals surface area contributed by atoms with Crippen LogP contribution in [0.15, 0.2) is 18.2 Å². The minimum absolute atomic E-state index is 0.0232. The molecule has 0 amide bonds. The molecule has 0 fully saturated rings. The first-order chi connectivity index (χ1) is 8.51. The van der Waals surface area contributed by atoms with Gasteiger partial charge in [0, 0.05) is 30.4 Å². The minimum atomic E-state index is -0.444. The second-order valence-electron chi connectivity index (χ2n) is 4.03. The highest BCUT2D eigenvalue weighted by atomic mass is 35.5. The summed E-state index contributed by atoms with van der Waals surface area (Å²) in [7, 11) is 1.85. The number of anilines is 1. The fourth-order valence-corrected chi connectivity index (χ4v) is 1.81. The van der Waals surface area contributed by atoms with Crippen molar-refractivity contribution in [3.63, 3.8) is 0 Å². The van der Waals surface area contributed by atoms with E-state index in [2.05, 4.69) is 6.07 Å². The van der Waals surface area contributed by atoms with Gasteiger partial charge in [0.15, 0.2) is 0 Å². The second kappa shape index (κ2) is 6.22. The molecule has 18 heavy (non-hydrogen) atoms. The predicted molar refractivity (Wildman–Crippen MR) is 70.7 cm³/mol. The molecule has 96 valence electrons. The first-order valence-corrected chi connectivity index (χ1v) is 5.97. The summed E-state index contributed by atoms with van der Waals surface area (Å²) in [4.78, 5) is 12.2. The van der Waals surface area contributed by atoms with Gasteiger partial charge in [0.25, 0.3) is 5.69 Å². The molecular weight excluding hydrogens is 254 g/mol. The fraction of sp³-hybridized carbons (Fsp3) is 0.417. The van der Waals surface area contributed by atoms with Crippen molar-refractivity contribution in [2.45, 2.75) is 25.3 Å². The van der Waals surface area contributed by atoms with Crippen molar-refractivity contribution in [1.82, 2.24) is 0 Å². The predicted octanol–water partition coefficient (Wildman–Crippen LogP) is 3.07. The Balaban J connectivity index is 3.06. The second-order valence-corrected chi connectivity index (χ2v) is 4.29. The molecule has 1 aromatic carbocycles. The topological polar surface area (TPSA) is 70.2 Å². The van der Waals surface area contributed by atoms with Gasteiger partial charge in [-0.15, -0.1) is 11.6 Å². The van der Waals surface area contributed by atoms with Crippen LogP contribution in [0.5, 0.6) is 0 Å². The van der Waals surface area contributed by atoms with Gasteiger partial charge in [0.2, 0.25) is 0 Å². The molecule has 0 saturated heterocycles. The van der Waals surface area contributed by atoms with E-state index in [0.29, 0.717) is 12.0 Å². The summed E-state index contributed by atoms with van der Waals surface area (Å²) in [6.45, 7) is 1.92. The Hall–Kier alpha value is -1.80. The third-order valence-electron chi connectivity index (χ3n) is 2.86. The van der Waals surface area contributed by atoms with E-state index in [1.54, 1.807) is 12.1 Å². The van der Waals surface area contributed by atoms with Crippen LogP contribution in [0.1, 0.15) is 18.9 Å². The van der Waals surface area contributed by atoms with Crippen LogP contribution in [0.4, 0.5) is 11.4 Å². The Morgan fingerprint density at radius 3 is 2.78 bits per heavy atom. The first kappa shape index (κ1) is 14.3. The normalized spacial score (nSPS) is 11.7. The van der Waals surface area contributed by atoms with E-state index >= 15 is 0 Å². The van der Waals surface area contributed by atoms with Gasteiger partial charge in [-0.2, -0.15) is 5.26 Å². The third-order valence-corrected chi connectivity index (χ3v) is 3.15. The summed E-state index contributed by atoms with van der Waals surface area (Å²) >= 11 is 5.72. The average Bonchev–Trinajstić information content (AvgIpc) is 2.37. The molecule has 1 rings (SSSR count). The van der Waals surface area contributed by atoms with Gasteiger partial charge in [-0.1, -0.05) is 0 Å². The Kier molecular flexibility index (Phi) is 4.93. The van der Waals surface area contributed by atoms with E-state index in [9.17, 15) is 10.1 Å². The standard InChI is InChI=1S/C12H14ClN3O2/c1-9(5-6-14)15(2)11-3-4-12(16(17)18)10(7-11)8-13/h3-4,7,9H,5,8H2,1-2H3. The summed E-state index contributed by atoms with van der Waals surface area (Å²) in [5.41, 5.74) is 1.32. The van der Waals surface area contributed by atoms with E-state index in [1.807, 2.05) is 18.9 Å². The SMILES string of the molecule is CC(CC#N)N(C)c1ccc([N+](=O)[O-])c(CCl)c1. The van der Waals surface area contributed by atoms with Crippen molar-refractivity contribution in [2.75, 3.05) is 11.9 Å². The molecular formula is C12H14ClN3O2. The number of rotatable bonds is 5. The molecule has 0 bridgehead atoms. The monoisotopic (exact) mass is 267 g/mol. The van der Waals surface area contributed by atoms with E-state index < -0.39 is 4.92 Å². The molecule has 0 aromatic heterocycles. The molecule has 0 spiro atoms. The Morgan fingerprint density at radius 2 is 2.28 bits per heavy atom. The highest BCUT2D eigenvalue weighted by Crippen LogP contribution is 2.27. The van der Waals surface area contributed by atoms with E-state index in [0.717, 1.165) is 5.69 Å². The molecule has 5 nitrogen and oxygen atoms in total. The van der Waals surface area contributed by atoms with Gasteiger partial charge in [-0.25, -0.2) is 0 Å². The van der Waals surface area contributed by atoms with Gasteiger partial charge in [0.1, 0.15) is 0 Å². The quantitative estimate of drug-likeness (QED) is 0.467. The maximum absolute atomic E-state index is 10.8. The molecule has 0 saturated carbocycles. The van der Waals surface area contributed by atoms with Crippen LogP contribution in [-0.4, -0.2) is 18.0 Å². The smallest absolute Gasteiger partial charge is 0.273 e. The zero-order valence-electron chi connectivity index (χ0n) is 10.3. The zero-order chi connectivity index (χ0) is 13.7. The molecule has 0 N–H and O–H groups in total. The fourth-order valence-electron chi connectivity index (χ4n) is 1.60. The Labute approximate surface area is 111 Å². The molecule has 1 atom stereocenters. The number of nitriles is 1. The van der Waals surface area contributed by atoms with Crippen LogP contribution in [-0.2, 0) is 5.88 Å². The van der Waals surface area contributed by atoms with Crippen molar-refractivity contribution >= 4 is 23.0 Å². The number of halogens is 1.